The highest BCUT2D eigenvalue weighted by atomic mass is 16.5. The maximum absolute atomic E-state index is 12.2. The van der Waals surface area contributed by atoms with Crippen LogP contribution in [0.4, 0.5) is 0 Å². The van der Waals surface area contributed by atoms with E-state index in [1.807, 2.05) is 19.2 Å². The summed E-state index contributed by atoms with van der Waals surface area (Å²) in [5.74, 6) is 0.557. The molecule has 21 heavy (non-hydrogen) atoms. The first kappa shape index (κ1) is 14.4. The van der Waals surface area contributed by atoms with E-state index in [0.29, 0.717) is 19.5 Å². The number of fused-ring (bicyclic) bond motifs is 1. The van der Waals surface area contributed by atoms with Crippen LogP contribution >= 0.6 is 0 Å². The summed E-state index contributed by atoms with van der Waals surface area (Å²) >= 11 is 0. The number of amides is 1. The fourth-order valence-electron chi connectivity index (χ4n) is 3.03. The van der Waals surface area contributed by atoms with Crippen LogP contribution in [0.25, 0.3) is 0 Å². The first-order valence-corrected chi connectivity index (χ1v) is 7.52. The Morgan fingerprint density at radius 3 is 3.24 bits per heavy atom. The molecule has 5 nitrogen and oxygen atoms in total. The number of aliphatic hydroxyl groups is 1. The van der Waals surface area contributed by atoms with Gasteiger partial charge < -0.3 is 20.1 Å². The molecule has 2 aliphatic heterocycles. The summed E-state index contributed by atoms with van der Waals surface area (Å²) in [7, 11) is 1.98. The average molecular weight is 290 g/mol. The molecule has 2 N–H and O–H groups in total. The number of nitrogens with one attached hydrogen (secondary N) is 1. The number of benzene rings is 1. The Balaban J connectivity index is 1.58. The maximum atomic E-state index is 12.2. The predicted octanol–water partition coefficient (Wildman–Crippen LogP) is 0.550. The lowest BCUT2D eigenvalue weighted by atomic mass is 9.94. The Morgan fingerprint density at radius 2 is 2.38 bits per heavy atom. The molecule has 0 saturated carbocycles. The second-order valence-electron chi connectivity index (χ2n) is 5.98. The summed E-state index contributed by atoms with van der Waals surface area (Å²) in [5, 5.41) is 12.9. The summed E-state index contributed by atoms with van der Waals surface area (Å²) in [6.45, 7) is 2.70. The second-order valence-corrected chi connectivity index (χ2v) is 5.98. The second kappa shape index (κ2) is 6.03. The van der Waals surface area contributed by atoms with Crippen molar-refractivity contribution in [3.05, 3.63) is 29.3 Å². The summed E-state index contributed by atoms with van der Waals surface area (Å²) < 4.78 is 5.47. The van der Waals surface area contributed by atoms with E-state index in [-0.39, 0.29) is 11.8 Å². The Labute approximate surface area is 124 Å². The van der Waals surface area contributed by atoms with Crippen LogP contribution in [0.3, 0.4) is 0 Å². The monoisotopic (exact) mass is 290 g/mol. The highest BCUT2D eigenvalue weighted by Gasteiger charge is 2.31. The molecule has 0 spiro atoms. The van der Waals surface area contributed by atoms with Crippen molar-refractivity contribution in [2.24, 2.45) is 5.92 Å². The van der Waals surface area contributed by atoms with Gasteiger partial charge in [-0.15, -0.1) is 0 Å². The molecule has 1 fully saturated rings. The summed E-state index contributed by atoms with van der Waals surface area (Å²) in [6, 6.07) is 6.03. The number of carbonyl (C=O) groups excluding carboxylic acids is 1. The quantitative estimate of drug-likeness (QED) is 0.853. The molecule has 1 aromatic rings. The zero-order valence-electron chi connectivity index (χ0n) is 12.3. The number of hydrogen-bond acceptors (Lipinski definition) is 4. The summed E-state index contributed by atoms with van der Waals surface area (Å²) in [4.78, 5) is 14.3. The third-order valence-electron chi connectivity index (χ3n) is 4.34. The molecule has 0 aromatic heterocycles. The van der Waals surface area contributed by atoms with Crippen molar-refractivity contribution in [2.45, 2.75) is 25.5 Å². The lowest BCUT2D eigenvalue weighted by molar-refractivity contribution is -0.131. The number of piperidine rings is 1. The van der Waals surface area contributed by atoms with Crippen molar-refractivity contribution in [1.29, 1.82) is 0 Å². The standard InChI is InChI=1S/C16H22N2O3/c1-18-6-4-14(19)13(10-18)16(20)17-9-11-2-3-15-12(8-11)5-7-21-15/h2-3,8,13-14,19H,4-7,9-10H2,1H3,(H,17,20)/t13-,14+/m1/s1. The maximum Gasteiger partial charge on any atom is 0.227 e. The third-order valence-corrected chi connectivity index (χ3v) is 4.34. The van der Waals surface area contributed by atoms with Crippen molar-refractivity contribution in [3.63, 3.8) is 0 Å². The van der Waals surface area contributed by atoms with Gasteiger partial charge in [-0.2, -0.15) is 0 Å². The lowest BCUT2D eigenvalue weighted by Gasteiger charge is -2.32. The molecule has 1 amide bonds. The van der Waals surface area contributed by atoms with Gasteiger partial charge in [0.2, 0.25) is 5.91 Å². The minimum absolute atomic E-state index is 0.0641. The van der Waals surface area contributed by atoms with Gasteiger partial charge in [-0.05, 0) is 30.7 Å². The van der Waals surface area contributed by atoms with Crippen LogP contribution in [0.1, 0.15) is 17.5 Å². The molecule has 3 rings (SSSR count). The molecule has 2 heterocycles. The zero-order chi connectivity index (χ0) is 14.8. The minimum Gasteiger partial charge on any atom is -0.493 e. The Morgan fingerprint density at radius 1 is 1.52 bits per heavy atom. The van der Waals surface area contributed by atoms with E-state index in [1.165, 1.54) is 5.56 Å². The Hall–Kier alpha value is -1.59. The van der Waals surface area contributed by atoms with Crippen LogP contribution in [0.2, 0.25) is 0 Å². The zero-order valence-corrected chi connectivity index (χ0v) is 12.3. The number of aliphatic hydroxyl groups excluding tert-OH is 1. The van der Waals surface area contributed by atoms with Gasteiger partial charge in [0.1, 0.15) is 5.75 Å². The molecule has 1 aromatic carbocycles. The van der Waals surface area contributed by atoms with Crippen LogP contribution in [0.5, 0.6) is 5.75 Å². The topological polar surface area (TPSA) is 61.8 Å². The van der Waals surface area contributed by atoms with Gasteiger partial charge in [0, 0.05) is 26.1 Å². The van der Waals surface area contributed by atoms with Gasteiger partial charge >= 0.3 is 0 Å². The first-order chi connectivity index (χ1) is 10.1. The van der Waals surface area contributed by atoms with Crippen LogP contribution in [-0.4, -0.2) is 48.8 Å². The normalized spacial score (nSPS) is 25.2. The smallest absolute Gasteiger partial charge is 0.227 e. The Bertz CT molecular complexity index is 532. The lowest BCUT2D eigenvalue weighted by Crippen LogP contribution is -2.48. The SMILES string of the molecule is CN1CC[C@H](O)[C@H](C(=O)NCc2ccc3c(c2)CCO3)C1. The van der Waals surface area contributed by atoms with Gasteiger partial charge in [0.05, 0.1) is 18.6 Å². The van der Waals surface area contributed by atoms with E-state index in [0.717, 1.165) is 30.9 Å². The molecule has 0 radical (unpaired) electrons. The van der Waals surface area contributed by atoms with E-state index >= 15 is 0 Å². The van der Waals surface area contributed by atoms with Crippen molar-refractivity contribution < 1.29 is 14.6 Å². The van der Waals surface area contributed by atoms with E-state index in [1.54, 1.807) is 0 Å². The van der Waals surface area contributed by atoms with Crippen LogP contribution in [-0.2, 0) is 17.8 Å². The number of nitrogens with zero attached hydrogens (tertiary/aromatic N) is 1. The third kappa shape index (κ3) is 3.19. The number of hydrogen-bond donors (Lipinski definition) is 2. The van der Waals surface area contributed by atoms with Crippen molar-refractivity contribution in [2.75, 3.05) is 26.7 Å². The van der Waals surface area contributed by atoms with Gasteiger partial charge in [-0.25, -0.2) is 0 Å². The van der Waals surface area contributed by atoms with E-state index in [4.69, 9.17) is 4.74 Å². The van der Waals surface area contributed by atoms with Gasteiger partial charge in [0.15, 0.2) is 0 Å². The van der Waals surface area contributed by atoms with Gasteiger partial charge in [-0.3, -0.25) is 4.79 Å². The van der Waals surface area contributed by atoms with Crippen molar-refractivity contribution in [3.8, 4) is 5.75 Å². The van der Waals surface area contributed by atoms with Crippen LogP contribution < -0.4 is 10.1 Å². The summed E-state index contributed by atoms with van der Waals surface area (Å²) in [6.07, 6.45) is 1.06. The molecule has 2 aliphatic rings. The molecular formula is C16H22N2O3. The fraction of sp³-hybridized carbons (Fsp3) is 0.562. The van der Waals surface area contributed by atoms with Crippen LogP contribution in [0.15, 0.2) is 18.2 Å². The largest absolute Gasteiger partial charge is 0.493 e. The highest BCUT2D eigenvalue weighted by Crippen LogP contribution is 2.25. The average Bonchev–Trinajstić information content (AvgIpc) is 2.94. The van der Waals surface area contributed by atoms with Gasteiger partial charge in [0.25, 0.3) is 0 Å². The number of likely N-dealkylation sites (tertiary alicyclic amines) is 1. The molecule has 0 aliphatic carbocycles. The Kier molecular flexibility index (Phi) is 4.12. The number of ether oxygens (including phenoxy) is 1. The molecule has 2 atom stereocenters. The minimum atomic E-state index is -0.533. The molecule has 0 unspecified atom stereocenters. The van der Waals surface area contributed by atoms with Gasteiger partial charge in [-0.1, -0.05) is 12.1 Å². The van der Waals surface area contributed by atoms with E-state index in [9.17, 15) is 9.90 Å². The first-order valence-electron chi connectivity index (χ1n) is 7.52. The number of carbonyl (C=O) groups is 1. The predicted molar refractivity (Wildman–Crippen MR) is 79.1 cm³/mol. The van der Waals surface area contributed by atoms with E-state index < -0.39 is 6.10 Å². The number of rotatable bonds is 3. The highest BCUT2D eigenvalue weighted by molar-refractivity contribution is 5.79. The molecule has 0 bridgehead atoms. The molecule has 114 valence electrons. The molecule has 1 saturated heterocycles. The molecule has 5 heteroatoms. The van der Waals surface area contributed by atoms with E-state index in [2.05, 4.69) is 16.3 Å². The fourth-order valence-corrected chi connectivity index (χ4v) is 3.03. The van der Waals surface area contributed by atoms with Crippen molar-refractivity contribution in [1.82, 2.24) is 10.2 Å². The van der Waals surface area contributed by atoms with Crippen LogP contribution in [0, 0.1) is 5.92 Å². The van der Waals surface area contributed by atoms with Crippen molar-refractivity contribution >= 4 is 5.91 Å². The molecular weight excluding hydrogens is 268 g/mol. The summed E-state index contributed by atoms with van der Waals surface area (Å²) in [5.41, 5.74) is 2.28.